The molecule has 0 bridgehead atoms. The van der Waals surface area contributed by atoms with Crippen molar-refractivity contribution in [2.45, 2.75) is 19.6 Å². The van der Waals surface area contributed by atoms with Crippen molar-refractivity contribution in [2.24, 2.45) is 0 Å². The van der Waals surface area contributed by atoms with E-state index in [1.165, 1.54) is 0 Å². The van der Waals surface area contributed by atoms with Crippen LogP contribution in [0.15, 0.2) is 19.6 Å². The Balaban J connectivity index is 2.52. The molecule has 1 aliphatic rings. The monoisotopic (exact) mass is 307 g/mol. The molecule has 0 atom stereocenters. The molecule has 1 N–H and O–H groups in total. The Morgan fingerprint density at radius 1 is 0.882 bits per heavy atom. The summed E-state index contributed by atoms with van der Waals surface area (Å²) in [6.45, 7) is 2.71. The Hall–Kier alpha value is 0.180. The van der Waals surface area contributed by atoms with E-state index in [1.54, 1.807) is 0 Å². The maximum Gasteiger partial charge on any atom is 0.154 e. The summed E-state index contributed by atoms with van der Waals surface area (Å²) in [5, 5.41) is 10.1. The van der Waals surface area contributed by atoms with Gasteiger partial charge in [-0.1, -0.05) is 0 Å². The lowest BCUT2D eigenvalue weighted by Gasteiger charge is -2.31. The summed E-state index contributed by atoms with van der Waals surface area (Å²) in [6, 6.07) is 0. The maximum atomic E-state index is 10.1. The highest BCUT2D eigenvalue weighted by Crippen LogP contribution is 2.46. The van der Waals surface area contributed by atoms with Crippen molar-refractivity contribution in [1.82, 2.24) is 0 Å². The van der Waals surface area contributed by atoms with Gasteiger partial charge in [0, 0.05) is 27.8 Å². The van der Waals surface area contributed by atoms with E-state index in [2.05, 4.69) is 50.5 Å². The molecule has 17 heavy (non-hydrogen) atoms. The summed E-state index contributed by atoms with van der Waals surface area (Å²) in [4.78, 5) is 4.23. The molecule has 7 heteroatoms. The van der Waals surface area contributed by atoms with Gasteiger partial charge in [0.05, 0.1) is 23.8 Å². The van der Waals surface area contributed by atoms with E-state index in [0.717, 1.165) is 0 Å². The van der Waals surface area contributed by atoms with E-state index in [-0.39, 0.29) is 5.75 Å². The number of thiol groups is 4. The highest BCUT2D eigenvalue weighted by atomic mass is 32.1. The molecule has 1 aromatic rings. The molecule has 1 aromatic carbocycles. The molecule has 0 aliphatic carbocycles. The van der Waals surface area contributed by atoms with Gasteiger partial charge in [-0.05, 0) is 0 Å². The summed E-state index contributed by atoms with van der Waals surface area (Å²) < 4.78 is 5.28. The normalized spacial score (nSPS) is 16.4. The van der Waals surface area contributed by atoms with Crippen molar-refractivity contribution in [1.29, 1.82) is 0 Å². The van der Waals surface area contributed by atoms with Gasteiger partial charge < -0.3 is 14.7 Å². The number of morpholine rings is 1. The number of rotatable bonds is 1. The number of benzene rings is 1. The Morgan fingerprint density at radius 2 is 1.41 bits per heavy atom. The second-order valence-electron chi connectivity index (χ2n) is 3.69. The van der Waals surface area contributed by atoms with Gasteiger partial charge in [0.1, 0.15) is 0 Å². The van der Waals surface area contributed by atoms with Crippen LogP contribution in [0.2, 0.25) is 0 Å². The molecule has 0 radical (unpaired) electrons. The smallest absolute Gasteiger partial charge is 0.154 e. The molecule has 0 amide bonds. The summed E-state index contributed by atoms with van der Waals surface area (Å²) in [6.07, 6.45) is 0. The molecule has 0 aromatic heterocycles. The summed E-state index contributed by atoms with van der Waals surface area (Å²) in [7, 11) is 0. The van der Waals surface area contributed by atoms with Crippen LogP contribution in [-0.2, 0) is 4.74 Å². The third-order valence-electron chi connectivity index (χ3n) is 2.67. The van der Waals surface area contributed by atoms with Gasteiger partial charge in [0.2, 0.25) is 0 Å². The topological polar surface area (TPSA) is 32.7 Å². The molecule has 1 saturated heterocycles. The first kappa shape index (κ1) is 13.6. The summed E-state index contributed by atoms with van der Waals surface area (Å²) >= 11 is 17.3. The Kier molecular flexibility index (Phi) is 4.35. The van der Waals surface area contributed by atoms with Gasteiger partial charge in [-0.3, -0.25) is 0 Å². The lowest BCUT2D eigenvalue weighted by molar-refractivity contribution is 0.122. The highest BCUT2D eigenvalue weighted by Gasteiger charge is 2.23. The fraction of sp³-hybridized carbons (Fsp3) is 0.400. The number of hydrogen-bond acceptors (Lipinski definition) is 7. The third-order valence-corrected chi connectivity index (χ3v) is 4.97. The molecule has 3 nitrogen and oxygen atoms in total. The zero-order valence-corrected chi connectivity index (χ0v) is 12.5. The van der Waals surface area contributed by atoms with Crippen LogP contribution >= 0.6 is 50.5 Å². The van der Waals surface area contributed by atoms with Gasteiger partial charge in [-0.15, -0.1) is 50.5 Å². The Bertz CT molecular complexity index is 417. The van der Waals surface area contributed by atoms with Crippen LogP contribution in [0.3, 0.4) is 0 Å². The van der Waals surface area contributed by atoms with Gasteiger partial charge >= 0.3 is 0 Å². The van der Waals surface area contributed by atoms with Gasteiger partial charge in [0.15, 0.2) is 5.75 Å². The first-order chi connectivity index (χ1) is 8.04. The first-order valence-electron chi connectivity index (χ1n) is 5.05. The molecular weight excluding hydrogens is 294 g/mol. The lowest BCUT2D eigenvalue weighted by Crippen LogP contribution is -2.36. The van der Waals surface area contributed by atoms with E-state index in [1.807, 2.05) is 4.90 Å². The molecule has 0 spiro atoms. The first-order valence-corrected chi connectivity index (χ1v) is 6.84. The predicted octanol–water partition coefficient (Wildman–Crippen LogP) is 2.38. The van der Waals surface area contributed by atoms with Crippen LogP contribution in [0.25, 0.3) is 0 Å². The van der Waals surface area contributed by atoms with Gasteiger partial charge in [0.25, 0.3) is 0 Å². The standard InChI is InChI=1S/C10H13NO2S4/c12-6-5(11-1-3-13-4-2-11)7(14)9(16)10(17)8(6)15/h12,14-17H,1-4H2. The van der Waals surface area contributed by atoms with Gasteiger partial charge in [-0.2, -0.15) is 0 Å². The average molecular weight is 307 g/mol. The van der Waals surface area contributed by atoms with Crippen molar-refractivity contribution >= 4 is 56.2 Å². The molecule has 1 fully saturated rings. The van der Waals surface area contributed by atoms with Crippen LogP contribution in [0, 0.1) is 0 Å². The Labute approximate surface area is 122 Å². The zero-order valence-electron chi connectivity index (χ0n) is 8.92. The van der Waals surface area contributed by atoms with Crippen molar-refractivity contribution < 1.29 is 9.84 Å². The van der Waals surface area contributed by atoms with Crippen molar-refractivity contribution in [3.63, 3.8) is 0 Å². The molecular formula is C10H13NO2S4. The van der Waals surface area contributed by atoms with Crippen molar-refractivity contribution in [3.8, 4) is 5.75 Å². The van der Waals surface area contributed by atoms with E-state index in [4.69, 9.17) is 4.74 Å². The molecule has 0 saturated carbocycles. The lowest BCUT2D eigenvalue weighted by atomic mass is 10.2. The number of anilines is 1. The molecule has 1 heterocycles. The minimum absolute atomic E-state index is 0.100. The number of nitrogens with zero attached hydrogens (tertiary/aromatic N) is 1. The van der Waals surface area contributed by atoms with Crippen LogP contribution in [-0.4, -0.2) is 31.4 Å². The fourth-order valence-electron chi connectivity index (χ4n) is 1.76. The minimum atomic E-state index is 0.100. The maximum absolute atomic E-state index is 10.1. The van der Waals surface area contributed by atoms with Crippen LogP contribution < -0.4 is 4.90 Å². The Morgan fingerprint density at radius 3 is 2.00 bits per heavy atom. The van der Waals surface area contributed by atoms with Crippen LogP contribution in [0.4, 0.5) is 5.69 Å². The second kappa shape index (κ2) is 5.44. The molecule has 2 rings (SSSR count). The van der Waals surface area contributed by atoms with E-state index < -0.39 is 0 Å². The molecule has 94 valence electrons. The van der Waals surface area contributed by atoms with Crippen molar-refractivity contribution in [2.75, 3.05) is 31.2 Å². The number of phenols is 1. The van der Waals surface area contributed by atoms with Gasteiger partial charge in [-0.25, -0.2) is 0 Å². The summed E-state index contributed by atoms with van der Waals surface area (Å²) in [5.74, 6) is 0.100. The average Bonchev–Trinajstić information content (AvgIpc) is 2.36. The predicted molar refractivity (Wildman–Crippen MR) is 80.1 cm³/mol. The SMILES string of the molecule is Oc1c(S)c(S)c(S)c(S)c1N1CCOCC1. The van der Waals surface area contributed by atoms with Crippen LogP contribution in [0.1, 0.15) is 0 Å². The van der Waals surface area contributed by atoms with E-state index in [0.29, 0.717) is 51.6 Å². The zero-order chi connectivity index (χ0) is 12.6. The van der Waals surface area contributed by atoms with E-state index >= 15 is 0 Å². The number of hydrogen-bond donors (Lipinski definition) is 5. The number of ether oxygens (including phenoxy) is 1. The van der Waals surface area contributed by atoms with Crippen LogP contribution in [0.5, 0.6) is 5.75 Å². The molecule has 1 aliphatic heterocycles. The van der Waals surface area contributed by atoms with Crippen molar-refractivity contribution in [3.05, 3.63) is 0 Å². The number of phenolic OH excluding ortho intramolecular Hbond substituents is 1. The second-order valence-corrected chi connectivity index (χ2v) is 5.48. The third kappa shape index (κ3) is 2.49. The van der Waals surface area contributed by atoms with E-state index in [9.17, 15) is 5.11 Å². The fourth-order valence-corrected chi connectivity index (χ4v) is 2.95. The molecule has 0 unspecified atom stereocenters. The minimum Gasteiger partial charge on any atom is -0.505 e. The quantitative estimate of drug-likeness (QED) is 0.517. The summed E-state index contributed by atoms with van der Waals surface area (Å²) in [5.41, 5.74) is 0.657. The largest absolute Gasteiger partial charge is 0.505 e. The highest BCUT2D eigenvalue weighted by molar-refractivity contribution is 7.86. The number of aromatic hydroxyl groups is 1.